The number of ether oxygens (including phenoxy) is 3. The number of nitrogens with zero attached hydrogens (tertiary/aromatic N) is 11. The highest BCUT2D eigenvalue weighted by atomic mass is 19.3. The molecule has 4 fully saturated rings. The second-order valence-corrected chi connectivity index (χ2v) is 22.6. The fourth-order valence-electron chi connectivity index (χ4n) is 12.4. The molecule has 4 aliphatic rings. The van der Waals surface area contributed by atoms with Crippen molar-refractivity contribution in [2.45, 2.75) is 122 Å². The van der Waals surface area contributed by atoms with E-state index in [-0.39, 0.29) is 24.6 Å². The van der Waals surface area contributed by atoms with E-state index in [0.717, 1.165) is 101 Å². The van der Waals surface area contributed by atoms with Crippen LogP contribution in [0.2, 0.25) is 0 Å². The minimum Gasteiger partial charge on any atom is -0.446 e. The van der Waals surface area contributed by atoms with Crippen molar-refractivity contribution in [2.75, 3.05) is 102 Å². The van der Waals surface area contributed by atoms with E-state index in [1.807, 2.05) is 50.9 Å². The van der Waals surface area contributed by atoms with Gasteiger partial charge in [0.25, 0.3) is 0 Å². The molecule has 5 aromatic heterocycles. The summed E-state index contributed by atoms with van der Waals surface area (Å²) in [5.41, 5.74) is 9.50. The van der Waals surface area contributed by atoms with Crippen molar-refractivity contribution < 1.29 is 37.0 Å². The highest BCUT2D eigenvalue weighted by Crippen LogP contribution is 2.39. The van der Waals surface area contributed by atoms with Gasteiger partial charge >= 0.3 is 18.7 Å². The van der Waals surface area contributed by atoms with Gasteiger partial charge < -0.3 is 48.9 Å². The first-order valence-electron chi connectivity index (χ1n) is 28.8. The number of pyridine rings is 1. The van der Waals surface area contributed by atoms with Gasteiger partial charge in [0.15, 0.2) is 0 Å². The van der Waals surface area contributed by atoms with Crippen molar-refractivity contribution in [3.05, 3.63) is 103 Å². The maximum atomic E-state index is 13.6. The van der Waals surface area contributed by atoms with E-state index in [2.05, 4.69) is 118 Å². The third kappa shape index (κ3) is 12.8. The summed E-state index contributed by atoms with van der Waals surface area (Å²) in [4.78, 5) is 44.0. The number of anilines is 2. The molecule has 4 saturated heterocycles. The number of carbonyl (C=O) groups is 2. The van der Waals surface area contributed by atoms with Gasteiger partial charge in [-0.1, -0.05) is 30.3 Å². The van der Waals surface area contributed by atoms with Crippen molar-refractivity contribution in [1.82, 2.24) is 49.1 Å². The van der Waals surface area contributed by atoms with Crippen LogP contribution < -0.4 is 15.1 Å². The summed E-state index contributed by atoms with van der Waals surface area (Å²) in [6.07, 6.45) is 11.5. The molecule has 10 rings (SSSR count). The van der Waals surface area contributed by atoms with Gasteiger partial charge in [0.2, 0.25) is 0 Å². The molecule has 17 nitrogen and oxygen atoms in total. The van der Waals surface area contributed by atoms with Gasteiger partial charge in [-0.25, -0.2) is 23.0 Å². The minimum absolute atomic E-state index is 0.0191. The molecule has 0 spiro atoms. The molecule has 0 bridgehead atoms. The summed E-state index contributed by atoms with van der Waals surface area (Å²) >= 11 is 0. The van der Waals surface area contributed by atoms with E-state index in [4.69, 9.17) is 19.2 Å². The van der Waals surface area contributed by atoms with Crippen molar-refractivity contribution in [1.29, 1.82) is 0 Å². The lowest BCUT2D eigenvalue weighted by Gasteiger charge is -2.44. The molecule has 3 amide bonds. The Labute approximate surface area is 467 Å². The summed E-state index contributed by atoms with van der Waals surface area (Å²) in [5.74, 6) is -0.143. The number of likely N-dealkylation sites (tertiary alicyclic amines) is 2. The normalized spacial score (nSPS) is 20.7. The lowest BCUT2D eigenvalue weighted by Crippen LogP contribution is -2.53. The van der Waals surface area contributed by atoms with Gasteiger partial charge in [0.05, 0.1) is 39.8 Å². The number of halogens is 3. The van der Waals surface area contributed by atoms with Crippen LogP contribution in [0.3, 0.4) is 0 Å². The monoisotopic (exact) mass is 1100 g/mol. The van der Waals surface area contributed by atoms with Crippen LogP contribution >= 0.6 is 0 Å². The zero-order valence-electron chi connectivity index (χ0n) is 47.2. The molecule has 1 aromatic carbocycles. The number of piperazine rings is 2. The van der Waals surface area contributed by atoms with Crippen molar-refractivity contribution in [3.63, 3.8) is 0 Å². The van der Waals surface area contributed by atoms with Gasteiger partial charge in [-0.15, -0.1) is 0 Å². The van der Waals surface area contributed by atoms with Crippen LogP contribution in [0, 0.1) is 0 Å². The van der Waals surface area contributed by atoms with Crippen LogP contribution in [-0.4, -0.2) is 185 Å². The molecule has 80 heavy (non-hydrogen) atoms. The number of rotatable bonds is 18. The van der Waals surface area contributed by atoms with E-state index < -0.39 is 30.6 Å². The zero-order chi connectivity index (χ0) is 56.1. The molecule has 4 aliphatic heterocycles. The van der Waals surface area contributed by atoms with Gasteiger partial charge in [0, 0.05) is 157 Å². The topological polar surface area (TPSA) is 141 Å². The third-order valence-electron chi connectivity index (χ3n) is 17.1. The maximum Gasteiger partial charge on any atom is 0.409 e. The first kappa shape index (κ1) is 56.8. The first-order chi connectivity index (χ1) is 38.6. The summed E-state index contributed by atoms with van der Waals surface area (Å²) in [6.45, 7) is 17.6. The van der Waals surface area contributed by atoms with Crippen LogP contribution in [-0.2, 0) is 19.8 Å². The lowest BCUT2D eigenvalue weighted by atomic mass is 9.84. The molecule has 20 heteroatoms. The number of urea groups is 1. The summed E-state index contributed by atoms with van der Waals surface area (Å²) < 4.78 is 60.7. The minimum atomic E-state index is -2.80. The Morgan fingerprint density at radius 2 is 1.34 bits per heavy atom. The van der Waals surface area contributed by atoms with Crippen LogP contribution in [0.4, 0.5) is 34.1 Å². The number of hydrogen-bond acceptors (Lipinski definition) is 12. The Hall–Kier alpha value is -6.48. The molecular formula is C60H79F3N12O5. The Kier molecular flexibility index (Phi) is 17.8. The second-order valence-electron chi connectivity index (χ2n) is 22.6. The number of carbonyl (C=O) groups excluding carboxylic acids is 2. The Bertz CT molecular complexity index is 3010. The van der Waals surface area contributed by atoms with Gasteiger partial charge in [-0.3, -0.25) is 4.98 Å². The van der Waals surface area contributed by atoms with Crippen molar-refractivity contribution >= 4 is 34.5 Å². The average molecular weight is 1110 g/mol. The molecule has 430 valence electrons. The fourth-order valence-corrected chi connectivity index (χ4v) is 12.4. The highest BCUT2D eigenvalue weighted by molar-refractivity contribution is 5.81. The number of aromatic nitrogens is 5. The van der Waals surface area contributed by atoms with E-state index in [0.29, 0.717) is 84.0 Å². The van der Waals surface area contributed by atoms with Gasteiger partial charge in [-0.2, -0.15) is 19.0 Å². The number of amides is 3. The molecule has 1 N–H and O–H groups in total. The van der Waals surface area contributed by atoms with Gasteiger partial charge in [-0.05, 0) is 115 Å². The summed E-state index contributed by atoms with van der Waals surface area (Å²) in [5, 5.41) is 12.5. The quantitative estimate of drug-likeness (QED) is 0.0877. The Morgan fingerprint density at radius 3 is 1.93 bits per heavy atom. The number of nitrogens with one attached hydrogen (secondary N) is 1. The predicted octanol–water partition coefficient (Wildman–Crippen LogP) is 9.55. The average Bonchev–Trinajstić information content (AvgIpc) is 4.15. The van der Waals surface area contributed by atoms with Crippen LogP contribution in [0.5, 0.6) is 0 Å². The molecule has 2 unspecified atom stereocenters. The van der Waals surface area contributed by atoms with E-state index in [1.54, 1.807) is 11.1 Å². The van der Waals surface area contributed by atoms with Crippen LogP contribution in [0.1, 0.15) is 90.7 Å². The molecule has 6 aromatic rings. The van der Waals surface area contributed by atoms with E-state index >= 15 is 0 Å². The third-order valence-corrected chi connectivity index (χ3v) is 17.1. The first-order valence-corrected chi connectivity index (χ1v) is 28.8. The number of fused-ring (bicyclic) bond motifs is 2. The van der Waals surface area contributed by atoms with Crippen molar-refractivity contribution in [2.24, 2.45) is 0 Å². The molecule has 0 radical (unpaired) electrons. The highest BCUT2D eigenvalue weighted by Gasteiger charge is 2.39. The standard InChI is InChI=1S/C60H79F3N12O5/c1-7-79-60(49-14-15-51(64-36-49)48-35-55-53(17-22-66-75(55)38-48)70-28-32-72(33-29-70)59(77)78-40-42(4)61)19-24-68(25-20-60)44(6)9-8-43(5)67-58(76)71-30-26-69(27-31-71)52-16-21-65-74-37-47(34-54(52)74)45-10-12-46(13-11-45)50-39-73(41(2)3)23-18-56(50)80-57(62)63/h10-17,21-22,34-38,41-44,50,56-57H,7-9,18-20,23-33,39-40H2,1-6H3,(H,67,76)/t42-,43?,44?,50-,56+/m1/s1. The summed E-state index contributed by atoms with van der Waals surface area (Å²) in [6, 6.07) is 21.4. The van der Waals surface area contributed by atoms with Crippen LogP contribution in [0.15, 0.2) is 91.6 Å². The Morgan fingerprint density at radius 1 is 0.713 bits per heavy atom. The fraction of sp³-hybridized carbons (Fsp3) is 0.550. The predicted molar refractivity (Wildman–Crippen MR) is 304 cm³/mol. The number of piperidine rings is 2. The smallest absolute Gasteiger partial charge is 0.409 e. The van der Waals surface area contributed by atoms with Crippen molar-refractivity contribution in [3.8, 4) is 22.4 Å². The van der Waals surface area contributed by atoms with Crippen LogP contribution in [0.25, 0.3) is 33.4 Å². The molecular weight excluding hydrogens is 1030 g/mol. The SMILES string of the molecule is CCOC1(c2ccc(-c3cc4c(N5CCN(C(=O)OC[C@@H](C)F)CC5)ccnn4c3)nc2)CCN(C(C)CCC(C)NC(=O)N2CCN(c3ccnn4cc(-c5ccc([C@H]6CN(C(C)C)CC[C@@H]6OC(F)F)cc5)cc34)CC2)CC1. The second kappa shape index (κ2) is 25.1. The molecule has 0 saturated carbocycles. The zero-order valence-corrected chi connectivity index (χ0v) is 47.2. The maximum absolute atomic E-state index is 13.6. The number of benzene rings is 1. The molecule has 5 atom stereocenters. The lowest BCUT2D eigenvalue weighted by molar-refractivity contribution is -0.179. The number of hydrogen-bond donors (Lipinski definition) is 1. The van der Waals surface area contributed by atoms with E-state index in [9.17, 15) is 22.8 Å². The number of alkyl halides is 3. The molecule has 9 heterocycles. The largest absolute Gasteiger partial charge is 0.446 e. The molecule has 0 aliphatic carbocycles. The summed E-state index contributed by atoms with van der Waals surface area (Å²) in [7, 11) is 0. The van der Waals surface area contributed by atoms with Gasteiger partial charge in [0.1, 0.15) is 12.8 Å². The van der Waals surface area contributed by atoms with E-state index in [1.165, 1.54) is 6.92 Å². The Balaban J connectivity index is 0.681.